The first-order valence-corrected chi connectivity index (χ1v) is 10.3. The maximum Gasteiger partial charge on any atom is 0.337 e. The first-order chi connectivity index (χ1) is 13.3. The van der Waals surface area contributed by atoms with E-state index in [1.165, 1.54) is 23.5 Å². The van der Waals surface area contributed by atoms with Crippen LogP contribution in [0.5, 0.6) is 0 Å². The summed E-state index contributed by atoms with van der Waals surface area (Å²) in [6.45, 7) is 2.24. The number of rotatable bonds is 5. The number of ether oxygens (including phenoxy) is 1. The van der Waals surface area contributed by atoms with Gasteiger partial charge in [-0.15, -0.1) is 0 Å². The van der Waals surface area contributed by atoms with E-state index < -0.39 is 16.0 Å². The van der Waals surface area contributed by atoms with E-state index in [-0.39, 0.29) is 17.2 Å². The molecule has 0 aliphatic carbocycles. The van der Waals surface area contributed by atoms with Crippen molar-refractivity contribution < 1.29 is 22.7 Å². The lowest BCUT2D eigenvalue weighted by atomic mass is 9.99. The van der Waals surface area contributed by atoms with E-state index in [0.29, 0.717) is 29.7 Å². The molecule has 0 saturated heterocycles. The van der Waals surface area contributed by atoms with Crippen LogP contribution in [-0.4, -0.2) is 44.7 Å². The fourth-order valence-corrected chi connectivity index (χ4v) is 4.44. The number of ketones is 1. The monoisotopic (exact) mass is 399 g/mol. The topological polar surface area (TPSA) is 80.8 Å². The van der Waals surface area contributed by atoms with Crippen molar-refractivity contribution in [2.75, 3.05) is 20.2 Å². The van der Waals surface area contributed by atoms with E-state index in [0.717, 1.165) is 5.56 Å². The summed E-state index contributed by atoms with van der Waals surface area (Å²) in [5.41, 5.74) is 2.14. The van der Waals surface area contributed by atoms with Crippen LogP contribution in [0, 0.1) is 6.92 Å². The number of benzene rings is 2. The molecule has 146 valence electrons. The second kappa shape index (κ2) is 8.08. The molecule has 3 rings (SSSR count). The highest BCUT2D eigenvalue weighted by molar-refractivity contribution is 7.89. The molecule has 0 amide bonds. The van der Waals surface area contributed by atoms with Gasteiger partial charge in [-0.25, -0.2) is 13.2 Å². The average molecular weight is 399 g/mol. The maximum absolute atomic E-state index is 12.9. The Labute approximate surface area is 164 Å². The molecule has 0 spiro atoms. The highest BCUT2D eigenvalue weighted by Crippen LogP contribution is 2.23. The normalized spacial score (nSPS) is 15.0. The minimum atomic E-state index is -3.67. The van der Waals surface area contributed by atoms with Gasteiger partial charge in [0.1, 0.15) is 0 Å². The maximum atomic E-state index is 12.9. The fraction of sp³-hybridized carbons (Fsp3) is 0.238. The van der Waals surface area contributed by atoms with Crippen molar-refractivity contribution in [2.45, 2.75) is 18.2 Å². The van der Waals surface area contributed by atoms with Crippen molar-refractivity contribution in [3.63, 3.8) is 0 Å². The van der Waals surface area contributed by atoms with Crippen LogP contribution in [0.15, 0.2) is 65.1 Å². The van der Waals surface area contributed by atoms with Crippen molar-refractivity contribution in [3.05, 3.63) is 76.9 Å². The van der Waals surface area contributed by atoms with Gasteiger partial charge in [-0.05, 0) is 37.6 Å². The molecule has 2 aromatic carbocycles. The molecule has 0 bridgehead atoms. The lowest BCUT2D eigenvalue weighted by Crippen LogP contribution is -2.37. The predicted molar refractivity (Wildman–Crippen MR) is 105 cm³/mol. The van der Waals surface area contributed by atoms with E-state index >= 15 is 0 Å². The van der Waals surface area contributed by atoms with Gasteiger partial charge in [0, 0.05) is 24.2 Å². The van der Waals surface area contributed by atoms with Gasteiger partial charge in [0.15, 0.2) is 5.78 Å². The van der Waals surface area contributed by atoms with Crippen molar-refractivity contribution in [1.82, 2.24) is 4.31 Å². The Morgan fingerprint density at radius 2 is 1.57 bits per heavy atom. The van der Waals surface area contributed by atoms with E-state index in [4.69, 9.17) is 0 Å². The molecule has 0 N–H and O–H groups in total. The summed E-state index contributed by atoms with van der Waals surface area (Å²) < 4.78 is 31.8. The summed E-state index contributed by atoms with van der Waals surface area (Å²) in [4.78, 5) is 24.5. The summed E-state index contributed by atoms with van der Waals surface area (Å²) in [5.74, 6) is -0.730. The standard InChI is InChI=1S/C21H21NO5S/c1-15-5-11-19(12-6-15)28(25,26)22-13-3-4-18(14-22)20(23)16-7-9-17(10-8-16)21(24)27-2/h4-12H,3,13-14H2,1-2H3. The van der Waals surface area contributed by atoms with Crippen LogP contribution in [0.2, 0.25) is 0 Å². The van der Waals surface area contributed by atoms with E-state index in [9.17, 15) is 18.0 Å². The van der Waals surface area contributed by atoms with E-state index in [1.807, 2.05) is 6.92 Å². The zero-order chi connectivity index (χ0) is 20.3. The van der Waals surface area contributed by atoms with Crippen LogP contribution in [0.3, 0.4) is 0 Å². The first kappa shape index (κ1) is 20.0. The molecule has 0 saturated carbocycles. The Morgan fingerprint density at radius 1 is 0.964 bits per heavy atom. The van der Waals surface area contributed by atoms with Crippen LogP contribution >= 0.6 is 0 Å². The van der Waals surface area contributed by atoms with E-state index in [1.54, 1.807) is 42.5 Å². The minimum absolute atomic E-state index is 0.0216. The zero-order valence-electron chi connectivity index (χ0n) is 15.7. The molecule has 0 fully saturated rings. The van der Waals surface area contributed by atoms with Crippen LogP contribution < -0.4 is 0 Å². The predicted octanol–water partition coefficient (Wildman–Crippen LogP) is 2.99. The van der Waals surface area contributed by atoms with Gasteiger partial charge in [0.2, 0.25) is 10.0 Å². The molecule has 6 nitrogen and oxygen atoms in total. The third-order valence-electron chi connectivity index (χ3n) is 4.63. The lowest BCUT2D eigenvalue weighted by Gasteiger charge is -2.26. The quantitative estimate of drug-likeness (QED) is 0.570. The number of Topliss-reactive ketones (excluding diaryl/α,β-unsaturated/α-hetero) is 1. The first-order valence-electron chi connectivity index (χ1n) is 8.82. The summed E-state index contributed by atoms with van der Waals surface area (Å²) in [6.07, 6.45) is 2.24. The van der Waals surface area contributed by atoms with Gasteiger partial charge < -0.3 is 4.74 Å². The molecule has 0 aromatic heterocycles. The van der Waals surface area contributed by atoms with Gasteiger partial charge in [0.05, 0.1) is 17.6 Å². The Kier molecular flexibility index (Phi) is 5.76. The third-order valence-corrected chi connectivity index (χ3v) is 6.49. The number of nitrogens with zero attached hydrogens (tertiary/aromatic N) is 1. The molecule has 7 heteroatoms. The number of methoxy groups -OCH3 is 1. The second-order valence-electron chi connectivity index (χ2n) is 6.57. The molecule has 0 atom stereocenters. The summed E-state index contributed by atoms with van der Waals surface area (Å²) in [6, 6.07) is 12.8. The second-order valence-corrected chi connectivity index (χ2v) is 8.51. The van der Waals surface area contributed by atoms with Crippen LogP contribution in [0.25, 0.3) is 0 Å². The van der Waals surface area contributed by atoms with Crippen molar-refractivity contribution in [1.29, 1.82) is 0 Å². The van der Waals surface area contributed by atoms with Crippen LogP contribution in [0.1, 0.15) is 32.7 Å². The summed E-state index contributed by atoms with van der Waals surface area (Å²) >= 11 is 0. The van der Waals surface area contributed by atoms with Gasteiger partial charge in [-0.2, -0.15) is 4.31 Å². The smallest absolute Gasteiger partial charge is 0.337 e. The van der Waals surface area contributed by atoms with Crippen LogP contribution in [0.4, 0.5) is 0 Å². The van der Waals surface area contributed by atoms with Crippen molar-refractivity contribution in [2.24, 2.45) is 0 Å². The third kappa shape index (κ3) is 4.05. The highest BCUT2D eigenvalue weighted by atomic mass is 32.2. The number of hydrogen-bond acceptors (Lipinski definition) is 5. The highest BCUT2D eigenvalue weighted by Gasteiger charge is 2.29. The van der Waals surface area contributed by atoms with E-state index in [2.05, 4.69) is 4.74 Å². The lowest BCUT2D eigenvalue weighted by molar-refractivity contribution is 0.0600. The fourth-order valence-electron chi connectivity index (χ4n) is 3.01. The van der Waals surface area contributed by atoms with Gasteiger partial charge in [-0.3, -0.25) is 4.79 Å². The molecule has 2 aromatic rings. The number of esters is 1. The van der Waals surface area contributed by atoms with Crippen molar-refractivity contribution >= 4 is 21.8 Å². The molecule has 28 heavy (non-hydrogen) atoms. The van der Waals surface area contributed by atoms with Gasteiger partial charge in [-0.1, -0.05) is 35.9 Å². The molecule has 1 aliphatic rings. The number of carbonyl (C=O) groups excluding carboxylic acids is 2. The molecule has 0 unspecified atom stereocenters. The summed E-state index contributed by atoms with van der Waals surface area (Å²) in [5, 5.41) is 0. The van der Waals surface area contributed by atoms with Gasteiger partial charge >= 0.3 is 5.97 Å². The number of hydrogen-bond donors (Lipinski definition) is 0. The number of sulfonamides is 1. The van der Waals surface area contributed by atoms with Crippen LogP contribution in [-0.2, 0) is 14.8 Å². The average Bonchev–Trinajstić information content (AvgIpc) is 2.73. The molecule has 1 heterocycles. The number of aryl methyl sites for hydroxylation is 1. The molecule has 1 aliphatic heterocycles. The Hall–Kier alpha value is -2.77. The Bertz CT molecular complexity index is 1020. The van der Waals surface area contributed by atoms with Gasteiger partial charge in [0.25, 0.3) is 0 Å². The summed E-state index contributed by atoms with van der Waals surface area (Å²) in [7, 11) is -2.38. The van der Waals surface area contributed by atoms with Crippen molar-refractivity contribution in [3.8, 4) is 0 Å². The molecular formula is C21H21NO5S. The largest absolute Gasteiger partial charge is 0.465 e. The molecule has 0 radical (unpaired) electrons. The molecular weight excluding hydrogens is 378 g/mol. The SMILES string of the molecule is COC(=O)c1ccc(C(=O)C2=CCCN(S(=O)(=O)c3ccc(C)cc3)C2)cc1. The Balaban J connectivity index is 1.79. The number of carbonyl (C=O) groups is 2. The minimum Gasteiger partial charge on any atom is -0.465 e. The Morgan fingerprint density at radius 3 is 2.18 bits per heavy atom. The zero-order valence-corrected chi connectivity index (χ0v) is 16.5.